The molecular weight excluding hydrogens is 491 g/mol. The Morgan fingerprint density at radius 3 is 2.64 bits per heavy atom. The molecule has 2 amide bonds. The summed E-state index contributed by atoms with van der Waals surface area (Å²) in [5.74, 6) is -0.0670. The number of rotatable bonds is 6. The number of fused-ring (bicyclic) bond motifs is 1. The Kier molecular flexibility index (Phi) is 6.17. The van der Waals surface area contributed by atoms with Gasteiger partial charge in [0, 0.05) is 28.4 Å². The van der Waals surface area contributed by atoms with Gasteiger partial charge in [-0.05, 0) is 55.7 Å². The van der Waals surface area contributed by atoms with Crippen LogP contribution in [0.3, 0.4) is 0 Å². The molecule has 4 N–H and O–H groups in total. The number of carbonyl (C=O) groups is 2. The molecule has 0 radical (unpaired) electrons. The number of alkyl halides is 3. The Morgan fingerprint density at radius 1 is 1.08 bits per heavy atom. The van der Waals surface area contributed by atoms with Gasteiger partial charge in [-0.3, -0.25) is 14.6 Å². The van der Waals surface area contributed by atoms with Crippen molar-refractivity contribution in [3.63, 3.8) is 0 Å². The summed E-state index contributed by atoms with van der Waals surface area (Å²) in [7, 11) is 0. The summed E-state index contributed by atoms with van der Waals surface area (Å²) in [5, 5.41) is 14.4. The monoisotopic (exact) mass is 513 g/mol. The van der Waals surface area contributed by atoms with Gasteiger partial charge in [-0.25, -0.2) is 0 Å². The Morgan fingerprint density at radius 2 is 1.89 bits per heavy atom. The van der Waals surface area contributed by atoms with Crippen molar-refractivity contribution in [2.45, 2.75) is 32.0 Å². The van der Waals surface area contributed by atoms with E-state index in [1.807, 2.05) is 0 Å². The minimum Gasteiger partial charge on any atom is -0.368 e. The normalized spacial score (nSPS) is 14.8. The molecule has 2 aromatic carbocycles. The lowest BCUT2D eigenvalue weighted by Gasteiger charge is -2.14. The van der Waals surface area contributed by atoms with E-state index in [2.05, 4.69) is 26.3 Å². The van der Waals surface area contributed by atoms with Gasteiger partial charge in [0.2, 0.25) is 0 Å². The van der Waals surface area contributed by atoms with E-state index in [0.717, 1.165) is 40.9 Å². The topological polar surface area (TPSA) is 94.6 Å². The van der Waals surface area contributed by atoms with Crippen molar-refractivity contribution in [1.82, 2.24) is 10.6 Å². The first-order valence-electron chi connectivity index (χ1n) is 11.3. The Balaban J connectivity index is 1.35. The molecular formula is C25H22F3N5O2S. The molecule has 0 atom stereocenters. The fourth-order valence-electron chi connectivity index (χ4n) is 3.74. The second-order valence-electron chi connectivity index (χ2n) is 8.63. The van der Waals surface area contributed by atoms with Crippen molar-refractivity contribution in [3.8, 4) is 0 Å². The summed E-state index contributed by atoms with van der Waals surface area (Å²) >= 11 is 1.42. The Labute approximate surface area is 208 Å². The second kappa shape index (κ2) is 9.30. The van der Waals surface area contributed by atoms with Crippen molar-refractivity contribution in [2.75, 3.05) is 17.3 Å². The van der Waals surface area contributed by atoms with Crippen molar-refractivity contribution >= 4 is 40.3 Å². The average molecular weight is 514 g/mol. The molecule has 1 aliphatic carbocycles. The van der Waals surface area contributed by atoms with Gasteiger partial charge in [0.1, 0.15) is 12.5 Å². The molecule has 7 nitrogen and oxygen atoms in total. The Bertz CT molecular complexity index is 1480. The minimum atomic E-state index is -4.52. The lowest BCUT2D eigenvalue weighted by atomic mass is 10.1. The fourth-order valence-corrected chi connectivity index (χ4v) is 4.73. The SMILES string of the molecule is Cc1ccc(C(=O)Nc2cccc(C(F)(F)F)c2)cc1NC(=O)c1csc2c1=NCNC=2NC1CC1. The Hall–Kier alpha value is -3.86. The number of halogens is 3. The van der Waals surface area contributed by atoms with E-state index < -0.39 is 17.6 Å². The van der Waals surface area contributed by atoms with Crippen LogP contribution in [0.5, 0.6) is 0 Å². The fraction of sp³-hybridized carbons (Fsp3) is 0.240. The van der Waals surface area contributed by atoms with Crippen LogP contribution in [0.15, 0.2) is 52.8 Å². The summed E-state index contributed by atoms with van der Waals surface area (Å²) in [6.45, 7) is 2.15. The van der Waals surface area contributed by atoms with Crippen LogP contribution in [0, 0.1) is 6.92 Å². The zero-order valence-electron chi connectivity index (χ0n) is 19.1. The third-order valence-corrected chi connectivity index (χ3v) is 6.84. The number of hydrogen-bond donors (Lipinski definition) is 4. The molecule has 0 saturated heterocycles. The molecule has 36 heavy (non-hydrogen) atoms. The van der Waals surface area contributed by atoms with Crippen LogP contribution < -0.4 is 31.2 Å². The van der Waals surface area contributed by atoms with Gasteiger partial charge in [-0.2, -0.15) is 13.2 Å². The molecule has 5 rings (SSSR count). The smallest absolute Gasteiger partial charge is 0.368 e. The molecule has 0 unspecified atom stereocenters. The number of nitrogens with one attached hydrogen (secondary N) is 4. The van der Waals surface area contributed by atoms with Crippen molar-refractivity contribution in [1.29, 1.82) is 0 Å². The summed E-state index contributed by atoms with van der Waals surface area (Å²) in [6.07, 6.45) is -2.28. The van der Waals surface area contributed by atoms with E-state index in [-0.39, 0.29) is 17.2 Å². The largest absolute Gasteiger partial charge is 0.416 e. The van der Waals surface area contributed by atoms with Crippen LogP contribution in [0.4, 0.5) is 24.5 Å². The average Bonchev–Trinajstić information content (AvgIpc) is 3.54. The van der Waals surface area contributed by atoms with Gasteiger partial charge < -0.3 is 21.3 Å². The molecule has 3 aromatic rings. The van der Waals surface area contributed by atoms with E-state index in [1.54, 1.807) is 24.4 Å². The van der Waals surface area contributed by atoms with Gasteiger partial charge in [0.15, 0.2) is 0 Å². The second-order valence-corrected chi connectivity index (χ2v) is 9.51. The van der Waals surface area contributed by atoms with Crippen molar-refractivity contribution in [2.24, 2.45) is 4.99 Å². The summed E-state index contributed by atoms with van der Waals surface area (Å²) < 4.78 is 39.8. The molecule has 1 fully saturated rings. The number of benzene rings is 2. The van der Waals surface area contributed by atoms with Crippen molar-refractivity contribution in [3.05, 3.63) is 80.0 Å². The first-order chi connectivity index (χ1) is 17.2. The molecule has 11 heteroatoms. The van der Waals surface area contributed by atoms with Crippen LogP contribution >= 0.6 is 11.3 Å². The zero-order chi connectivity index (χ0) is 25.4. The molecule has 1 aliphatic heterocycles. The van der Waals surface area contributed by atoms with E-state index in [1.165, 1.54) is 29.5 Å². The van der Waals surface area contributed by atoms with Crippen LogP contribution in [0.1, 0.15) is 44.7 Å². The highest BCUT2D eigenvalue weighted by molar-refractivity contribution is 7.08. The minimum absolute atomic E-state index is 0.0213. The predicted molar refractivity (Wildman–Crippen MR) is 131 cm³/mol. The zero-order valence-corrected chi connectivity index (χ0v) is 19.9. The maximum absolute atomic E-state index is 13.1. The molecule has 2 heterocycles. The molecule has 186 valence electrons. The van der Waals surface area contributed by atoms with E-state index in [0.29, 0.717) is 29.3 Å². The number of amides is 2. The third kappa shape index (κ3) is 5.06. The molecule has 2 aliphatic rings. The van der Waals surface area contributed by atoms with Crippen LogP contribution in [0.2, 0.25) is 0 Å². The van der Waals surface area contributed by atoms with Crippen LogP contribution in [-0.4, -0.2) is 24.5 Å². The van der Waals surface area contributed by atoms with Gasteiger partial charge in [0.05, 0.1) is 21.0 Å². The van der Waals surface area contributed by atoms with E-state index >= 15 is 0 Å². The van der Waals surface area contributed by atoms with E-state index in [4.69, 9.17) is 0 Å². The number of aryl methyl sites for hydroxylation is 1. The number of hydrogen-bond acceptors (Lipinski definition) is 6. The number of carbonyl (C=O) groups excluding carboxylic acids is 2. The maximum Gasteiger partial charge on any atom is 0.416 e. The van der Waals surface area contributed by atoms with Crippen molar-refractivity contribution < 1.29 is 22.8 Å². The lowest BCUT2D eigenvalue weighted by Crippen LogP contribution is -2.43. The highest BCUT2D eigenvalue weighted by atomic mass is 32.1. The van der Waals surface area contributed by atoms with Gasteiger partial charge in [0.25, 0.3) is 11.8 Å². The summed E-state index contributed by atoms with van der Waals surface area (Å²) in [4.78, 5) is 30.3. The molecule has 0 bridgehead atoms. The molecule has 1 aromatic heterocycles. The maximum atomic E-state index is 13.1. The van der Waals surface area contributed by atoms with Gasteiger partial charge >= 0.3 is 6.18 Å². The summed E-state index contributed by atoms with van der Waals surface area (Å²) in [6, 6.07) is 9.58. The van der Waals surface area contributed by atoms with E-state index in [9.17, 15) is 22.8 Å². The van der Waals surface area contributed by atoms with Crippen LogP contribution in [0.25, 0.3) is 5.82 Å². The number of anilines is 2. The third-order valence-electron chi connectivity index (χ3n) is 5.85. The number of nitrogens with zero attached hydrogens (tertiary/aromatic N) is 1. The first kappa shape index (κ1) is 23.9. The highest BCUT2D eigenvalue weighted by Crippen LogP contribution is 2.31. The van der Waals surface area contributed by atoms with Gasteiger partial charge in [-0.15, -0.1) is 11.3 Å². The molecule has 0 spiro atoms. The standard InChI is InChI=1S/C25H22F3N5O2S/c1-13-5-6-14(23(34)32-17-4-2-3-15(10-17)25(26,27)28)9-19(13)33-24(35)18-11-36-21-20(18)29-12-30-22(21)31-16-7-8-16/h2-6,9-11,16,30-31H,7-8,12H2,1H3,(H,32,34)(H,33,35). The summed E-state index contributed by atoms with van der Waals surface area (Å²) in [5.41, 5.74) is 0.941. The van der Waals surface area contributed by atoms with Gasteiger partial charge in [-0.1, -0.05) is 12.1 Å². The number of thiophene rings is 1. The quantitative estimate of drug-likeness (QED) is 0.405. The first-order valence-corrected chi connectivity index (χ1v) is 12.1. The highest BCUT2D eigenvalue weighted by Gasteiger charge is 2.30. The molecule has 1 saturated carbocycles. The lowest BCUT2D eigenvalue weighted by molar-refractivity contribution is -0.137. The predicted octanol–water partition coefficient (Wildman–Crippen LogP) is 3.58. The van der Waals surface area contributed by atoms with Crippen LogP contribution in [-0.2, 0) is 6.18 Å².